The van der Waals surface area contributed by atoms with Crippen LogP contribution in [0, 0.1) is 10.1 Å². The van der Waals surface area contributed by atoms with E-state index in [2.05, 4.69) is 15.3 Å². The van der Waals surface area contributed by atoms with Gasteiger partial charge in [-0.1, -0.05) is 30.3 Å². The van der Waals surface area contributed by atoms with Crippen molar-refractivity contribution in [1.82, 2.24) is 15.3 Å². The lowest BCUT2D eigenvalue weighted by Crippen LogP contribution is -2.40. The highest BCUT2D eigenvalue weighted by Gasteiger charge is 2.24. The standard InChI is InChI=1S/C20H18N4O4/c1-20(2,23-19(25)26)17-9-8-14(11-21-17)18-16(13-6-4-3-5-7-13)10-15(12-22-18)24(27)28/h3-12,23H,1-2H3,(H,25,26). The van der Waals surface area contributed by atoms with E-state index in [1.54, 1.807) is 32.2 Å². The number of aromatic nitrogens is 2. The molecule has 0 saturated carbocycles. The van der Waals surface area contributed by atoms with E-state index in [1.807, 2.05) is 30.3 Å². The molecule has 0 aliphatic heterocycles. The van der Waals surface area contributed by atoms with Crippen molar-refractivity contribution < 1.29 is 14.8 Å². The minimum absolute atomic E-state index is 0.0982. The zero-order chi connectivity index (χ0) is 20.3. The molecule has 2 heterocycles. The molecular formula is C20H18N4O4. The number of benzene rings is 1. The number of carboxylic acid groups (broad SMARTS) is 1. The monoisotopic (exact) mass is 378 g/mol. The average Bonchev–Trinajstić information content (AvgIpc) is 2.67. The molecule has 0 saturated heterocycles. The van der Waals surface area contributed by atoms with Crippen LogP contribution in [-0.2, 0) is 5.54 Å². The molecule has 0 aliphatic rings. The summed E-state index contributed by atoms with van der Waals surface area (Å²) in [6.07, 6.45) is 1.66. The molecule has 0 spiro atoms. The number of rotatable bonds is 5. The summed E-state index contributed by atoms with van der Waals surface area (Å²) in [5, 5.41) is 22.6. The van der Waals surface area contributed by atoms with Gasteiger partial charge in [-0.2, -0.15) is 0 Å². The Morgan fingerprint density at radius 2 is 1.79 bits per heavy atom. The molecule has 0 fully saturated rings. The van der Waals surface area contributed by atoms with Crippen molar-refractivity contribution in [1.29, 1.82) is 0 Å². The minimum Gasteiger partial charge on any atom is -0.465 e. The van der Waals surface area contributed by atoms with E-state index in [4.69, 9.17) is 5.11 Å². The van der Waals surface area contributed by atoms with E-state index in [1.165, 1.54) is 12.3 Å². The molecule has 28 heavy (non-hydrogen) atoms. The van der Waals surface area contributed by atoms with Crippen LogP contribution in [0.25, 0.3) is 22.4 Å². The van der Waals surface area contributed by atoms with Crippen LogP contribution < -0.4 is 5.32 Å². The van der Waals surface area contributed by atoms with Crippen LogP contribution in [0.15, 0.2) is 60.9 Å². The predicted octanol–water partition coefficient (Wildman–Crippen LogP) is 4.22. The highest BCUT2D eigenvalue weighted by atomic mass is 16.6. The number of amides is 1. The van der Waals surface area contributed by atoms with Crippen molar-refractivity contribution in [2.75, 3.05) is 0 Å². The Balaban J connectivity index is 2.06. The summed E-state index contributed by atoms with van der Waals surface area (Å²) in [4.78, 5) is 30.3. The molecule has 2 aromatic heterocycles. The third-order valence-electron chi connectivity index (χ3n) is 4.27. The maximum absolute atomic E-state index is 11.2. The fourth-order valence-electron chi connectivity index (χ4n) is 2.86. The van der Waals surface area contributed by atoms with Crippen molar-refractivity contribution in [3.8, 4) is 22.4 Å². The number of nitrogens with zero attached hydrogens (tertiary/aromatic N) is 3. The smallest absolute Gasteiger partial charge is 0.405 e. The van der Waals surface area contributed by atoms with E-state index < -0.39 is 16.6 Å². The van der Waals surface area contributed by atoms with Crippen LogP contribution in [0.1, 0.15) is 19.5 Å². The Morgan fingerprint density at radius 1 is 1.07 bits per heavy atom. The van der Waals surface area contributed by atoms with Gasteiger partial charge >= 0.3 is 6.09 Å². The molecule has 2 N–H and O–H groups in total. The highest BCUT2D eigenvalue weighted by molar-refractivity contribution is 5.81. The fourth-order valence-corrected chi connectivity index (χ4v) is 2.86. The lowest BCUT2D eigenvalue weighted by molar-refractivity contribution is -0.385. The molecule has 1 aromatic carbocycles. The predicted molar refractivity (Wildman–Crippen MR) is 104 cm³/mol. The first kappa shape index (κ1) is 19.0. The molecule has 1 amide bonds. The Labute approximate surface area is 161 Å². The zero-order valence-corrected chi connectivity index (χ0v) is 15.3. The van der Waals surface area contributed by atoms with E-state index in [9.17, 15) is 14.9 Å². The second kappa shape index (κ2) is 7.43. The fraction of sp³-hybridized carbons (Fsp3) is 0.150. The van der Waals surface area contributed by atoms with Gasteiger partial charge in [-0.05, 0) is 31.5 Å². The number of hydrogen-bond acceptors (Lipinski definition) is 5. The Hall–Kier alpha value is -3.81. The third-order valence-corrected chi connectivity index (χ3v) is 4.27. The second-order valence-electron chi connectivity index (χ2n) is 6.70. The normalized spacial score (nSPS) is 11.1. The van der Waals surface area contributed by atoms with Gasteiger partial charge in [0, 0.05) is 23.4 Å². The van der Waals surface area contributed by atoms with Crippen molar-refractivity contribution in [2.24, 2.45) is 0 Å². The highest BCUT2D eigenvalue weighted by Crippen LogP contribution is 2.33. The number of nitro groups is 1. The van der Waals surface area contributed by atoms with Gasteiger partial charge < -0.3 is 10.4 Å². The summed E-state index contributed by atoms with van der Waals surface area (Å²) in [5.41, 5.74) is 2.22. The first-order chi connectivity index (χ1) is 13.3. The molecule has 142 valence electrons. The Kier molecular flexibility index (Phi) is 5.04. The van der Waals surface area contributed by atoms with Crippen LogP contribution in [0.4, 0.5) is 10.5 Å². The van der Waals surface area contributed by atoms with Gasteiger partial charge in [-0.15, -0.1) is 0 Å². The maximum Gasteiger partial charge on any atom is 0.405 e. The summed E-state index contributed by atoms with van der Waals surface area (Å²) in [7, 11) is 0. The van der Waals surface area contributed by atoms with Crippen LogP contribution >= 0.6 is 0 Å². The molecule has 0 bridgehead atoms. The quantitative estimate of drug-likeness (QED) is 0.507. The summed E-state index contributed by atoms with van der Waals surface area (Å²) >= 11 is 0. The van der Waals surface area contributed by atoms with E-state index >= 15 is 0 Å². The summed E-state index contributed by atoms with van der Waals surface area (Å²) in [5.74, 6) is 0. The lowest BCUT2D eigenvalue weighted by atomic mass is 9.97. The van der Waals surface area contributed by atoms with Crippen LogP contribution in [0.3, 0.4) is 0 Å². The Morgan fingerprint density at radius 3 is 2.36 bits per heavy atom. The SMILES string of the molecule is CC(C)(NC(=O)O)c1ccc(-c2ncc([N+](=O)[O-])cc2-c2ccccc2)cn1. The topological polar surface area (TPSA) is 118 Å². The largest absolute Gasteiger partial charge is 0.465 e. The van der Waals surface area contributed by atoms with Crippen LogP contribution in [-0.4, -0.2) is 26.1 Å². The first-order valence-corrected chi connectivity index (χ1v) is 8.46. The molecule has 0 unspecified atom stereocenters. The maximum atomic E-state index is 11.2. The molecular weight excluding hydrogens is 360 g/mol. The second-order valence-corrected chi connectivity index (χ2v) is 6.70. The van der Waals surface area contributed by atoms with Crippen molar-refractivity contribution in [3.05, 3.63) is 76.7 Å². The molecule has 8 nitrogen and oxygen atoms in total. The van der Waals surface area contributed by atoms with Gasteiger partial charge in [0.2, 0.25) is 0 Å². The van der Waals surface area contributed by atoms with Crippen molar-refractivity contribution >= 4 is 11.8 Å². The Bertz CT molecular complexity index is 1020. The number of hydrogen-bond donors (Lipinski definition) is 2. The lowest BCUT2D eigenvalue weighted by Gasteiger charge is -2.24. The van der Waals surface area contributed by atoms with Gasteiger partial charge in [0.15, 0.2) is 0 Å². The minimum atomic E-state index is -1.14. The number of pyridine rings is 2. The molecule has 0 aliphatic carbocycles. The third kappa shape index (κ3) is 3.96. The van der Waals surface area contributed by atoms with Crippen molar-refractivity contribution in [3.63, 3.8) is 0 Å². The summed E-state index contributed by atoms with van der Waals surface area (Å²) in [6.45, 7) is 3.42. The molecule has 8 heteroatoms. The van der Waals surface area contributed by atoms with Crippen molar-refractivity contribution in [2.45, 2.75) is 19.4 Å². The van der Waals surface area contributed by atoms with Gasteiger partial charge in [-0.25, -0.2) is 9.78 Å². The summed E-state index contributed by atoms with van der Waals surface area (Å²) < 4.78 is 0. The van der Waals surface area contributed by atoms with E-state index in [-0.39, 0.29) is 5.69 Å². The molecule has 0 radical (unpaired) electrons. The molecule has 3 rings (SSSR count). The van der Waals surface area contributed by atoms with Crippen LogP contribution in [0.5, 0.6) is 0 Å². The molecule has 0 atom stereocenters. The zero-order valence-electron chi connectivity index (χ0n) is 15.3. The van der Waals surface area contributed by atoms with Gasteiger partial charge in [0.05, 0.1) is 21.9 Å². The van der Waals surface area contributed by atoms with E-state index in [0.717, 1.165) is 5.56 Å². The number of nitrogens with one attached hydrogen (secondary N) is 1. The summed E-state index contributed by atoms with van der Waals surface area (Å²) in [6, 6.07) is 14.2. The molecule has 3 aromatic rings. The van der Waals surface area contributed by atoms with Gasteiger partial charge in [0.25, 0.3) is 5.69 Å². The first-order valence-electron chi connectivity index (χ1n) is 8.46. The van der Waals surface area contributed by atoms with Crippen LogP contribution in [0.2, 0.25) is 0 Å². The van der Waals surface area contributed by atoms with Gasteiger partial charge in [-0.3, -0.25) is 15.1 Å². The van der Waals surface area contributed by atoms with Gasteiger partial charge in [0.1, 0.15) is 6.20 Å². The number of carbonyl (C=O) groups is 1. The average molecular weight is 378 g/mol. The van der Waals surface area contributed by atoms with E-state index in [0.29, 0.717) is 22.5 Å².